The second-order valence-electron chi connectivity index (χ2n) is 6.03. The van der Waals surface area contributed by atoms with Crippen molar-refractivity contribution in [1.29, 1.82) is 0 Å². The van der Waals surface area contributed by atoms with Crippen molar-refractivity contribution in [2.75, 3.05) is 13.6 Å². The summed E-state index contributed by atoms with van der Waals surface area (Å²) in [6.07, 6.45) is -4.34. The first-order chi connectivity index (χ1) is 13.3. The second-order valence-corrected chi connectivity index (χ2v) is 6.03. The second kappa shape index (κ2) is 11.6. The lowest BCUT2D eigenvalue weighted by Gasteiger charge is -2.13. The Bertz CT molecular complexity index is 806. The highest BCUT2D eigenvalue weighted by atomic mass is 127. The third kappa shape index (κ3) is 7.92. The summed E-state index contributed by atoms with van der Waals surface area (Å²) in [5, 5.41) is 8.92. The summed E-state index contributed by atoms with van der Waals surface area (Å²) in [5.41, 5.74) is 1.60. The highest BCUT2D eigenvalue weighted by Gasteiger charge is 2.29. The molecular weight excluding hydrogens is 496 g/mol. The monoisotopic (exact) mass is 520 g/mol. The van der Waals surface area contributed by atoms with Crippen molar-refractivity contribution in [3.63, 3.8) is 0 Å². The first kappa shape index (κ1) is 24.7. The van der Waals surface area contributed by atoms with Crippen LogP contribution in [0.2, 0.25) is 0 Å². The van der Waals surface area contributed by atoms with Gasteiger partial charge in [0.1, 0.15) is 0 Å². The Labute approximate surface area is 185 Å². The normalized spacial score (nSPS) is 11.4. The average Bonchev–Trinajstić information content (AvgIpc) is 2.68. The number of carbonyl (C=O) groups excluding carboxylic acids is 1. The van der Waals surface area contributed by atoms with Crippen LogP contribution >= 0.6 is 24.0 Å². The van der Waals surface area contributed by atoms with E-state index in [1.54, 1.807) is 19.2 Å². The molecule has 0 atom stereocenters. The SMILES string of the molecule is CCNC(=O)c1ccc(CNC(=NC)NCc2ccc(C(F)(F)F)cc2)cc1.I. The molecule has 0 unspecified atom stereocenters. The summed E-state index contributed by atoms with van der Waals surface area (Å²) in [6, 6.07) is 12.2. The number of hydrogen-bond acceptors (Lipinski definition) is 2. The van der Waals surface area contributed by atoms with Gasteiger partial charge in [0.25, 0.3) is 5.91 Å². The van der Waals surface area contributed by atoms with E-state index in [9.17, 15) is 18.0 Å². The Morgan fingerprint density at radius 3 is 1.79 bits per heavy atom. The summed E-state index contributed by atoms with van der Waals surface area (Å²) in [5.74, 6) is 0.406. The van der Waals surface area contributed by atoms with Gasteiger partial charge in [-0.1, -0.05) is 24.3 Å². The van der Waals surface area contributed by atoms with Crippen LogP contribution in [-0.2, 0) is 19.3 Å². The van der Waals surface area contributed by atoms with Gasteiger partial charge in [-0.2, -0.15) is 13.2 Å². The topological polar surface area (TPSA) is 65.5 Å². The Morgan fingerprint density at radius 1 is 0.897 bits per heavy atom. The van der Waals surface area contributed by atoms with Crippen molar-refractivity contribution in [2.45, 2.75) is 26.2 Å². The zero-order valence-electron chi connectivity index (χ0n) is 16.1. The molecule has 0 saturated heterocycles. The highest BCUT2D eigenvalue weighted by Crippen LogP contribution is 2.29. The van der Waals surface area contributed by atoms with Crippen LogP contribution in [0.3, 0.4) is 0 Å². The minimum atomic E-state index is -4.34. The van der Waals surface area contributed by atoms with Crippen molar-refractivity contribution in [2.24, 2.45) is 4.99 Å². The Morgan fingerprint density at radius 2 is 1.38 bits per heavy atom. The molecule has 0 aromatic heterocycles. The molecule has 0 heterocycles. The number of amides is 1. The first-order valence-corrected chi connectivity index (χ1v) is 8.81. The molecule has 0 aliphatic heterocycles. The number of alkyl halides is 3. The van der Waals surface area contributed by atoms with Gasteiger partial charge in [-0.25, -0.2) is 0 Å². The number of rotatable bonds is 6. The molecule has 2 rings (SSSR count). The summed E-state index contributed by atoms with van der Waals surface area (Å²) in [6.45, 7) is 3.26. The fraction of sp³-hybridized carbons (Fsp3) is 0.300. The van der Waals surface area contributed by atoms with E-state index >= 15 is 0 Å². The van der Waals surface area contributed by atoms with Gasteiger partial charge in [-0.3, -0.25) is 9.79 Å². The maximum Gasteiger partial charge on any atom is 0.416 e. The molecule has 0 aliphatic carbocycles. The van der Waals surface area contributed by atoms with E-state index in [4.69, 9.17) is 0 Å². The molecule has 5 nitrogen and oxygen atoms in total. The van der Waals surface area contributed by atoms with Crippen LogP contribution in [0.1, 0.15) is 34.0 Å². The first-order valence-electron chi connectivity index (χ1n) is 8.81. The third-order valence-corrected chi connectivity index (χ3v) is 3.98. The van der Waals surface area contributed by atoms with Gasteiger partial charge in [0.05, 0.1) is 5.56 Å². The van der Waals surface area contributed by atoms with Gasteiger partial charge < -0.3 is 16.0 Å². The zero-order chi connectivity index (χ0) is 20.6. The molecule has 0 radical (unpaired) electrons. The number of nitrogens with one attached hydrogen (secondary N) is 3. The number of benzene rings is 2. The van der Waals surface area contributed by atoms with Crippen LogP contribution in [-0.4, -0.2) is 25.5 Å². The van der Waals surface area contributed by atoms with Crippen molar-refractivity contribution < 1.29 is 18.0 Å². The molecule has 29 heavy (non-hydrogen) atoms. The van der Waals surface area contributed by atoms with E-state index in [0.29, 0.717) is 36.7 Å². The number of guanidine groups is 1. The van der Waals surface area contributed by atoms with E-state index < -0.39 is 11.7 Å². The van der Waals surface area contributed by atoms with E-state index in [2.05, 4.69) is 20.9 Å². The summed E-state index contributed by atoms with van der Waals surface area (Å²) < 4.78 is 37.8. The number of carbonyl (C=O) groups is 1. The molecule has 2 aromatic rings. The predicted octanol–water partition coefficient (Wildman–Crippen LogP) is 3.94. The number of halogens is 4. The van der Waals surface area contributed by atoms with Gasteiger partial charge in [-0.15, -0.1) is 24.0 Å². The molecule has 0 aliphatic rings. The average molecular weight is 520 g/mol. The molecule has 158 valence electrons. The fourth-order valence-corrected chi connectivity index (χ4v) is 2.44. The highest BCUT2D eigenvalue weighted by molar-refractivity contribution is 14.0. The molecular formula is C20H24F3IN4O. The van der Waals surface area contributed by atoms with E-state index in [0.717, 1.165) is 17.7 Å². The molecule has 0 bridgehead atoms. The van der Waals surface area contributed by atoms with Gasteiger partial charge in [0.2, 0.25) is 0 Å². The fourth-order valence-electron chi connectivity index (χ4n) is 2.44. The number of aliphatic imine (C=N–C) groups is 1. The van der Waals surface area contributed by atoms with Crippen molar-refractivity contribution in [3.05, 3.63) is 70.8 Å². The molecule has 2 aromatic carbocycles. The summed E-state index contributed by atoms with van der Waals surface area (Å²) in [4.78, 5) is 15.8. The van der Waals surface area contributed by atoms with Crippen LogP contribution in [0.5, 0.6) is 0 Å². The zero-order valence-corrected chi connectivity index (χ0v) is 18.5. The van der Waals surface area contributed by atoms with Crippen molar-refractivity contribution in [1.82, 2.24) is 16.0 Å². The lowest BCUT2D eigenvalue weighted by atomic mass is 10.1. The maximum absolute atomic E-state index is 12.6. The van der Waals surface area contributed by atoms with Crippen LogP contribution in [0.4, 0.5) is 13.2 Å². The Kier molecular flexibility index (Phi) is 9.93. The van der Waals surface area contributed by atoms with Crippen molar-refractivity contribution >= 4 is 35.8 Å². The quantitative estimate of drug-likeness (QED) is 0.307. The van der Waals surface area contributed by atoms with Crippen LogP contribution in [0, 0.1) is 0 Å². The van der Waals surface area contributed by atoms with Gasteiger partial charge in [0, 0.05) is 32.2 Å². The largest absolute Gasteiger partial charge is 0.416 e. The Hall–Kier alpha value is -2.30. The smallest absolute Gasteiger partial charge is 0.352 e. The number of hydrogen-bond donors (Lipinski definition) is 3. The van der Waals surface area contributed by atoms with E-state index in [1.165, 1.54) is 12.1 Å². The Balaban J connectivity index is 0.00000420. The molecule has 0 spiro atoms. The van der Waals surface area contributed by atoms with Gasteiger partial charge >= 0.3 is 6.18 Å². The third-order valence-electron chi connectivity index (χ3n) is 3.98. The van der Waals surface area contributed by atoms with Crippen LogP contribution in [0.25, 0.3) is 0 Å². The van der Waals surface area contributed by atoms with Crippen LogP contribution < -0.4 is 16.0 Å². The summed E-state index contributed by atoms with van der Waals surface area (Å²) >= 11 is 0. The lowest BCUT2D eigenvalue weighted by Crippen LogP contribution is -2.36. The minimum Gasteiger partial charge on any atom is -0.352 e. The van der Waals surface area contributed by atoms with E-state index in [-0.39, 0.29) is 29.9 Å². The van der Waals surface area contributed by atoms with E-state index in [1.807, 2.05) is 19.1 Å². The van der Waals surface area contributed by atoms with Crippen molar-refractivity contribution in [3.8, 4) is 0 Å². The van der Waals surface area contributed by atoms with Crippen LogP contribution in [0.15, 0.2) is 53.5 Å². The van der Waals surface area contributed by atoms with Gasteiger partial charge in [-0.05, 0) is 42.3 Å². The number of nitrogens with zero attached hydrogens (tertiary/aromatic N) is 1. The molecule has 0 fully saturated rings. The minimum absolute atomic E-state index is 0. The van der Waals surface area contributed by atoms with Gasteiger partial charge in [0.15, 0.2) is 5.96 Å². The molecule has 9 heteroatoms. The molecule has 0 saturated carbocycles. The molecule has 1 amide bonds. The lowest BCUT2D eigenvalue weighted by molar-refractivity contribution is -0.137. The standard InChI is InChI=1S/C20H23F3N4O.HI/c1-3-25-18(28)16-8-4-14(5-9-16)12-26-19(24-2)27-13-15-6-10-17(11-7-15)20(21,22)23;/h4-11H,3,12-13H2,1-2H3,(H,25,28)(H2,24,26,27);1H. The predicted molar refractivity (Wildman–Crippen MR) is 118 cm³/mol. The molecule has 3 N–H and O–H groups in total. The summed E-state index contributed by atoms with van der Waals surface area (Å²) in [7, 11) is 1.61. The maximum atomic E-state index is 12.6.